The zero-order chi connectivity index (χ0) is 64.1. The Hall–Kier alpha value is -7.83. The summed E-state index contributed by atoms with van der Waals surface area (Å²) in [5, 5.41) is 21.3. The molecule has 0 spiro atoms. The van der Waals surface area contributed by atoms with Gasteiger partial charge in [0.15, 0.2) is 48.0 Å². The van der Waals surface area contributed by atoms with Crippen molar-refractivity contribution in [1.82, 2.24) is 9.80 Å². The van der Waals surface area contributed by atoms with Crippen LogP contribution < -0.4 is 33.6 Å². The number of hydrogen-bond acceptors (Lipinski definition) is 17. The Balaban J connectivity index is 0.000000211. The van der Waals surface area contributed by atoms with Crippen molar-refractivity contribution in [2.75, 3.05) is 94.1 Å². The van der Waals surface area contributed by atoms with Crippen molar-refractivity contribution in [2.45, 2.75) is 146 Å². The van der Waals surface area contributed by atoms with E-state index < -0.39 is 55.3 Å². The molecule has 23 nitrogen and oxygen atoms in total. The zero-order valence-electron chi connectivity index (χ0n) is 51.7. The lowest BCUT2D eigenvalue weighted by atomic mass is 9.95. The van der Waals surface area contributed by atoms with Gasteiger partial charge in [0.2, 0.25) is 5.91 Å². The number of fused-ring (bicyclic) bond motifs is 7. The molecule has 4 aromatic carbocycles. The first-order valence-electron chi connectivity index (χ1n) is 31.6. The van der Waals surface area contributed by atoms with Gasteiger partial charge in [0.25, 0.3) is 11.8 Å². The maximum Gasteiger partial charge on any atom is 0.416 e. The summed E-state index contributed by atoms with van der Waals surface area (Å²) in [4.78, 5) is 88.2. The molecule has 7 heterocycles. The van der Waals surface area contributed by atoms with Crippen molar-refractivity contribution in [3.8, 4) is 28.7 Å². The molecule has 11 rings (SSSR count). The summed E-state index contributed by atoms with van der Waals surface area (Å²) in [7, 11) is 2.95. The number of methoxy groups -OCH3 is 2. The van der Waals surface area contributed by atoms with Crippen molar-refractivity contribution in [2.24, 2.45) is 0 Å². The molecule has 0 bridgehead atoms. The largest absolute Gasteiger partial charge is 0.507 e. The molecule has 0 saturated carbocycles. The number of aromatic hydroxyl groups is 1. The quantitative estimate of drug-likeness (QED) is 0.0447. The lowest BCUT2D eigenvalue weighted by Gasteiger charge is -2.42. The standard InChI is InChI=1S/C40H46ClN3O9.C27H36N2O9/c1-3-17-52-40(48)44-30-22-34(33(49-2)20-28(30)38(47)42-16-8-6-13-29(42)39(44)53-36-15-7-9-18-51-36)50-19-10-14-35(46)43-24-25(23-41)37-27-12-5-4-11-26(27)32(45)21-31(37)43;1-3-13-37-27(33)29-20-17-22(35-15-8-10-23(30)31)21(34-2)16-18(20)25(32)28-12-6-4-9-19(28)26(29)38-24-11-5-7-14-36-24/h3-5,11-12,20-22,25,29,36,39,45H,1,6-10,13-19,23-24H2,2H3;3,16-17,19,24,26H,1,4-15H2,2H3,(H,30,31)/t25-,29+,36?,39+;19-,24?,26-/m10/s1. The fourth-order valence-electron chi connectivity index (χ4n) is 13.1. The molecule has 0 radical (unpaired) electrons. The molecule has 7 aliphatic rings. The van der Waals surface area contributed by atoms with Crippen LogP contribution in [-0.2, 0) is 38.0 Å². The molecule has 24 heteroatoms. The van der Waals surface area contributed by atoms with Gasteiger partial charge < -0.3 is 72.3 Å². The number of carbonyl (C=O) groups is 6. The molecule has 2 unspecified atom stereocenters. The Morgan fingerprint density at radius 3 is 1.59 bits per heavy atom. The van der Waals surface area contributed by atoms with Gasteiger partial charge in [-0.2, -0.15) is 0 Å². The molecule has 490 valence electrons. The van der Waals surface area contributed by atoms with E-state index in [1.807, 2.05) is 24.3 Å². The van der Waals surface area contributed by atoms with E-state index in [9.17, 15) is 33.9 Å². The van der Waals surface area contributed by atoms with E-state index >= 15 is 0 Å². The molecule has 4 saturated heterocycles. The summed E-state index contributed by atoms with van der Waals surface area (Å²) in [5.74, 6) is 0.0530. The molecular weight excluding hydrogens is 1200 g/mol. The number of phenolic OH excluding ortho intramolecular Hbond substituents is 1. The lowest BCUT2D eigenvalue weighted by Crippen LogP contribution is -2.57. The van der Waals surface area contributed by atoms with Crippen molar-refractivity contribution in [3.63, 3.8) is 0 Å². The third-order valence-electron chi connectivity index (χ3n) is 17.4. The summed E-state index contributed by atoms with van der Waals surface area (Å²) in [5.41, 5.74) is 2.71. The van der Waals surface area contributed by atoms with Gasteiger partial charge in [-0.3, -0.25) is 19.2 Å². The molecule has 7 aliphatic heterocycles. The topological polar surface area (TPSA) is 251 Å². The molecule has 91 heavy (non-hydrogen) atoms. The van der Waals surface area contributed by atoms with Gasteiger partial charge in [-0.25, -0.2) is 19.4 Å². The number of carboxylic acids is 1. The number of carboxylic acid groups (broad SMARTS) is 1. The third-order valence-corrected chi connectivity index (χ3v) is 17.8. The number of rotatable bonds is 21. The Morgan fingerprint density at radius 2 is 1.13 bits per heavy atom. The Bertz CT molecular complexity index is 3300. The molecule has 0 aliphatic carbocycles. The van der Waals surface area contributed by atoms with E-state index in [0.29, 0.717) is 93.8 Å². The Morgan fingerprint density at radius 1 is 0.637 bits per heavy atom. The van der Waals surface area contributed by atoms with Gasteiger partial charge in [-0.15, -0.1) is 11.6 Å². The summed E-state index contributed by atoms with van der Waals surface area (Å²) in [6.07, 6.45) is 9.34. The summed E-state index contributed by atoms with van der Waals surface area (Å²) >= 11 is 6.38. The molecule has 4 fully saturated rings. The van der Waals surface area contributed by atoms with Gasteiger partial charge in [-0.1, -0.05) is 49.6 Å². The van der Waals surface area contributed by atoms with Gasteiger partial charge in [0.1, 0.15) is 19.0 Å². The van der Waals surface area contributed by atoms with Crippen molar-refractivity contribution >= 4 is 75.3 Å². The van der Waals surface area contributed by atoms with E-state index in [1.54, 1.807) is 45.0 Å². The summed E-state index contributed by atoms with van der Waals surface area (Å²) in [6, 6.07) is 14.7. The Kier molecular flexibility index (Phi) is 22.5. The molecule has 7 atom stereocenters. The summed E-state index contributed by atoms with van der Waals surface area (Å²) in [6.45, 7) is 10.1. The fraction of sp³-hybridized carbons (Fsp3) is 0.522. The minimum absolute atomic E-state index is 0.0195. The van der Waals surface area contributed by atoms with Crippen molar-refractivity contribution < 1.29 is 86.3 Å². The Labute approximate surface area is 534 Å². The second-order valence-electron chi connectivity index (χ2n) is 23.3. The van der Waals surface area contributed by atoms with Crippen LogP contribution in [0.5, 0.6) is 28.7 Å². The number of anilines is 3. The predicted octanol–water partition coefficient (Wildman–Crippen LogP) is 11.0. The SMILES string of the molecule is C=CCOC(=O)N1c2cc(OCCCC(=O)N3C[C@@H](CCl)c4c3cc(O)c3ccccc43)c(OC)cc2C(=O)N2CCCC[C@H]2[C@@H]1OC1CCCCO1.C=CCOC(=O)N1c2cc(OCCCC(=O)O)c(OC)cc2C(=O)N2CCCC[C@H]2[C@@H]1OC1CCCCO1. The van der Waals surface area contributed by atoms with E-state index in [1.165, 1.54) is 36.2 Å². The monoisotopic (exact) mass is 1280 g/mol. The van der Waals surface area contributed by atoms with Crippen LogP contribution in [0.15, 0.2) is 79.9 Å². The number of piperidine rings is 2. The maximum atomic E-state index is 14.2. The highest BCUT2D eigenvalue weighted by Gasteiger charge is 2.49. The maximum absolute atomic E-state index is 14.2. The van der Waals surface area contributed by atoms with Crippen LogP contribution in [0.3, 0.4) is 0 Å². The first kappa shape index (κ1) is 66.1. The van der Waals surface area contributed by atoms with Crippen LogP contribution in [0.4, 0.5) is 26.7 Å². The average molecular weight is 1280 g/mol. The smallest absolute Gasteiger partial charge is 0.416 e. The van der Waals surface area contributed by atoms with Crippen LogP contribution in [0.2, 0.25) is 0 Å². The predicted molar refractivity (Wildman–Crippen MR) is 337 cm³/mol. The van der Waals surface area contributed by atoms with Gasteiger partial charge in [0, 0.05) is 81.1 Å². The number of alkyl halides is 1. The number of halogens is 1. The lowest BCUT2D eigenvalue weighted by molar-refractivity contribution is -0.199. The van der Waals surface area contributed by atoms with Crippen LogP contribution in [0.25, 0.3) is 10.8 Å². The van der Waals surface area contributed by atoms with E-state index in [-0.39, 0.29) is 103 Å². The van der Waals surface area contributed by atoms with Gasteiger partial charge >= 0.3 is 18.2 Å². The van der Waals surface area contributed by atoms with Gasteiger partial charge in [0.05, 0.1) is 67.7 Å². The third kappa shape index (κ3) is 14.8. The number of benzene rings is 4. The first-order chi connectivity index (χ1) is 44.3. The highest BCUT2D eigenvalue weighted by atomic mass is 35.5. The second-order valence-corrected chi connectivity index (χ2v) is 23.6. The number of carbonyl (C=O) groups excluding carboxylic acids is 5. The molecule has 0 aromatic heterocycles. The number of hydrogen-bond donors (Lipinski definition) is 2. The normalized spacial score (nSPS) is 22.7. The number of phenols is 1. The fourth-order valence-corrected chi connectivity index (χ4v) is 13.4. The molecular formula is C67H82ClN5O18. The van der Waals surface area contributed by atoms with E-state index in [2.05, 4.69) is 13.2 Å². The van der Waals surface area contributed by atoms with E-state index in [4.69, 9.17) is 64.1 Å². The second kappa shape index (κ2) is 31.0. The average Bonchev–Trinajstić information content (AvgIpc) is 1.66. The minimum Gasteiger partial charge on any atom is -0.507 e. The van der Waals surface area contributed by atoms with Crippen LogP contribution in [0, 0.1) is 0 Å². The number of nitrogens with zero attached hydrogens (tertiary/aromatic N) is 5. The minimum atomic E-state index is -0.925. The van der Waals surface area contributed by atoms with E-state index in [0.717, 1.165) is 67.7 Å². The van der Waals surface area contributed by atoms with Crippen molar-refractivity contribution in [1.29, 1.82) is 0 Å². The van der Waals surface area contributed by atoms with Crippen LogP contribution >= 0.6 is 11.6 Å². The number of amides is 5. The van der Waals surface area contributed by atoms with Gasteiger partial charge in [-0.05, 0) is 113 Å². The first-order valence-corrected chi connectivity index (χ1v) is 32.1. The molecule has 5 amide bonds. The number of aliphatic carboxylic acids is 1. The van der Waals surface area contributed by atoms with Crippen LogP contribution in [0.1, 0.15) is 135 Å². The highest BCUT2D eigenvalue weighted by Crippen LogP contribution is 2.47. The van der Waals surface area contributed by atoms with Crippen molar-refractivity contribution in [3.05, 3.63) is 96.6 Å². The highest BCUT2D eigenvalue weighted by molar-refractivity contribution is 6.19. The summed E-state index contributed by atoms with van der Waals surface area (Å²) < 4.78 is 59.3. The zero-order valence-corrected chi connectivity index (χ0v) is 52.5. The number of ether oxygens (including phenoxy) is 10. The van der Waals surface area contributed by atoms with Crippen LogP contribution in [-0.4, -0.2) is 172 Å². The molecule has 4 aromatic rings. The molecule has 2 N–H and O–H groups in total.